The van der Waals surface area contributed by atoms with Crippen molar-refractivity contribution in [2.75, 3.05) is 19.6 Å². The summed E-state index contributed by atoms with van der Waals surface area (Å²) in [4.78, 5) is 15.0. The Balaban J connectivity index is 1.61. The maximum atomic E-state index is 12.6. The van der Waals surface area contributed by atoms with Crippen molar-refractivity contribution in [3.05, 3.63) is 34.6 Å². The normalized spacial score (nSPS) is 19.0. The molecule has 7 heteroatoms. The summed E-state index contributed by atoms with van der Waals surface area (Å²) in [6.45, 7) is 9.69. The predicted molar refractivity (Wildman–Crippen MR) is 110 cm³/mol. The number of carbonyl (C=O) groups excluding carboxylic acids is 1. The van der Waals surface area contributed by atoms with E-state index in [-0.39, 0.29) is 18.5 Å². The third-order valence-corrected chi connectivity index (χ3v) is 5.36. The van der Waals surface area contributed by atoms with Gasteiger partial charge in [0.25, 0.3) is 0 Å². The van der Waals surface area contributed by atoms with E-state index in [1.807, 2.05) is 31.2 Å². The first kappa shape index (κ1) is 19.8. The number of likely N-dealkylation sites (tertiary alicyclic amines) is 1. The molecule has 0 bridgehead atoms. The smallest absolute Gasteiger partial charge is 0.240 e. The Morgan fingerprint density at radius 3 is 2.85 bits per heavy atom. The van der Waals surface area contributed by atoms with Gasteiger partial charge in [0.2, 0.25) is 5.91 Å². The predicted octanol–water partition coefficient (Wildman–Crippen LogP) is 3.15. The van der Waals surface area contributed by atoms with Gasteiger partial charge in [-0.2, -0.15) is 5.10 Å². The molecule has 2 heterocycles. The topological polar surface area (TPSA) is 66.0 Å². The van der Waals surface area contributed by atoms with Crippen LogP contribution in [0.5, 0.6) is 0 Å². The molecule has 2 N–H and O–H groups in total. The van der Waals surface area contributed by atoms with Crippen molar-refractivity contribution in [3.8, 4) is 11.4 Å². The maximum Gasteiger partial charge on any atom is 0.240 e. The average molecular weight is 388 g/mol. The first-order valence-corrected chi connectivity index (χ1v) is 10.1. The summed E-state index contributed by atoms with van der Waals surface area (Å²) in [6, 6.07) is 8.15. The first-order chi connectivity index (χ1) is 12.9. The van der Waals surface area contributed by atoms with Crippen LogP contribution in [0.3, 0.4) is 0 Å². The van der Waals surface area contributed by atoms with E-state index in [0.29, 0.717) is 10.6 Å². The molecule has 1 saturated heterocycles. The lowest BCUT2D eigenvalue weighted by molar-refractivity contribution is -0.122. The van der Waals surface area contributed by atoms with E-state index in [1.165, 1.54) is 18.4 Å². The minimum atomic E-state index is -0.0431. The monoisotopic (exact) mass is 387 g/mol. The van der Waals surface area contributed by atoms with E-state index in [4.69, 9.17) is 12.2 Å². The zero-order valence-corrected chi connectivity index (χ0v) is 17.2. The van der Waals surface area contributed by atoms with Gasteiger partial charge in [0.05, 0.1) is 0 Å². The third kappa shape index (κ3) is 5.26. The Hall–Kier alpha value is -1.99. The van der Waals surface area contributed by atoms with Gasteiger partial charge in [0.1, 0.15) is 6.54 Å². The zero-order valence-electron chi connectivity index (χ0n) is 16.4. The molecule has 27 heavy (non-hydrogen) atoms. The molecule has 146 valence electrons. The number of carbonyl (C=O) groups is 1. The third-order valence-electron chi connectivity index (χ3n) is 5.05. The molecule has 1 amide bonds. The molecule has 0 unspecified atom stereocenters. The minimum absolute atomic E-state index is 0.0431. The number of nitrogens with zero attached hydrogens (tertiary/aromatic N) is 3. The Morgan fingerprint density at radius 1 is 1.41 bits per heavy atom. The number of hydrogen-bond acceptors (Lipinski definition) is 4. The fourth-order valence-electron chi connectivity index (χ4n) is 3.74. The van der Waals surface area contributed by atoms with E-state index in [0.717, 1.165) is 31.1 Å². The van der Waals surface area contributed by atoms with Gasteiger partial charge in [-0.3, -0.25) is 14.5 Å². The summed E-state index contributed by atoms with van der Waals surface area (Å²) < 4.78 is 2.21. The second kappa shape index (κ2) is 8.80. The van der Waals surface area contributed by atoms with Crippen LogP contribution in [0, 0.1) is 17.6 Å². The highest BCUT2D eigenvalue weighted by molar-refractivity contribution is 7.71. The summed E-state index contributed by atoms with van der Waals surface area (Å²) in [5.41, 5.74) is 2.12. The van der Waals surface area contributed by atoms with Gasteiger partial charge in [-0.25, -0.2) is 0 Å². The molecule has 1 aromatic carbocycles. The number of piperidine rings is 1. The lowest BCUT2D eigenvalue weighted by Crippen LogP contribution is -2.45. The SMILES string of the molecule is Cc1ccc(-c2n[nH]c(=S)n2CC(=O)N[C@H](C)CN2CCC[C@H](C)C2)cc1. The Morgan fingerprint density at radius 2 is 2.15 bits per heavy atom. The van der Waals surface area contributed by atoms with Crippen molar-refractivity contribution >= 4 is 18.1 Å². The van der Waals surface area contributed by atoms with Gasteiger partial charge in [-0.05, 0) is 51.4 Å². The average Bonchev–Trinajstić information content (AvgIpc) is 2.96. The zero-order chi connectivity index (χ0) is 19.4. The quantitative estimate of drug-likeness (QED) is 0.748. The molecule has 2 aromatic rings. The summed E-state index contributed by atoms with van der Waals surface area (Å²) in [7, 11) is 0. The summed E-state index contributed by atoms with van der Waals surface area (Å²) in [6.07, 6.45) is 2.55. The van der Waals surface area contributed by atoms with Crippen molar-refractivity contribution in [1.82, 2.24) is 25.0 Å². The summed E-state index contributed by atoms with van der Waals surface area (Å²) in [5, 5.41) is 10.2. The van der Waals surface area contributed by atoms with E-state index in [9.17, 15) is 4.79 Å². The van der Waals surface area contributed by atoms with Crippen LogP contribution in [0.4, 0.5) is 0 Å². The Bertz CT molecular complexity index is 826. The molecule has 1 aliphatic heterocycles. The van der Waals surface area contributed by atoms with Crippen LogP contribution in [0.25, 0.3) is 11.4 Å². The number of aromatic amines is 1. The van der Waals surface area contributed by atoms with E-state index in [2.05, 4.69) is 34.3 Å². The Labute approximate surface area is 166 Å². The molecule has 1 aliphatic rings. The lowest BCUT2D eigenvalue weighted by Gasteiger charge is -2.32. The molecule has 0 radical (unpaired) electrons. The van der Waals surface area contributed by atoms with Crippen molar-refractivity contribution < 1.29 is 4.79 Å². The highest BCUT2D eigenvalue weighted by atomic mass is 32.1. The maximum absolute atomic E-state index is 12.6. The largest absolute Gasteiger partial charge is 0.351 e. The molecule has 6 nitrogen and oxygen atoms in total. The molecular weight excluding hydrogens is 358 g/mol. The second-order valence-electron chi connectivity index (χ2n) is 7.78. The van der Waals surface area contributed by atoms with Crippen LogP contribution in [-0.2, 0) is 11.3 Å². The first-order valence-electron chi connectivity index (χ1n) is 9.66. The van der Waals surface area contributed by atoms with Crippen LogP contribution in [-0.4, -0.2) is 51.2 Å². The standard InChI is InChI=1S/C20H29N5OS/c1-14-6-8-17(9-7-14)19-22-23-20(27)25(19)13-18(26)21-16(3)12-24-10-4-5-15(2)11-24/h6-9,15-16H,4-5,10-13H2,1-3H3,(H,21,26)(H,23,27)/t15-,16+/m0/s1. The molecule has 0 spiro atoms. The van der Waals surface area contributed by atoms with Crippen LogP contribution in [0.2, 0.25) is 0 Å². The van der Waals surface area contributed by atoms with Gasteiger partial charge < -0.3 is 10.2 Å². The van der Waals surface area contributed by atoms with Gasteiger partial charge in [-0.1, -0.05) is 36.8 Å². The van der Waals surface area contributed by atoms with Gasteiger partial charge in [0, 0.05) is 24.7 Å². The highest BCUT2D eigenvalue weighted by Crippen LogP contribution is 2.18. The number of amides is 1. The molecule has 2 atom stereocenters. The van der Waals surface area contributed by atoms with Gasteiger partial charge in [0.15, 0.2) is 10.6 Å². The van der Waals surface area contributed by atoms with Crippen LogP contribution >= 0.6 is 12.2 Å². The fraction of sp³-hybridized carbons (Fsp3) is 0.550. The molecule has 3 rings (SSSR count). The molecule has 0 aliphatic carbocycles. The van der Waals surface area contributed by atoms with Crippen molar-refractivity contribution in [2.24, 2.45) is 5.92 Å². The van der Waals surface area contributed by atoms with Crippen LogP contribution < -0.4 is 5.32 Å². The molecular formula is C20H29N5OS. The number of nitrogens with one attached hydrogen (secondary N) is 2. The van der Waals surface area contributed by atoms with E-state index < -0.39 is 0 Å². The van der Waals surface area contributed by atoms with Crippen LogP contribution in [0.1, 0.15) is 32.3 Å². The number of aromatic nitrogens is 3. The van der Waals surface area contributed by atoms with Gasteiger partial charge in [-0.15, -0.1) is 0 Å². The minimum Gasteiger partial charge on any atom is -0.351 e. The summed E-state index contributed by atoms with van der Waals surface area (Å²) in [5.74, 6) is 1.38. The van der Waals surface area contributed by atoms with Gasteiger partial charge >= 0.3 is 0 Å². The number of benzene rings is 1. The van der Waals surface area contributed by atoms with Crippen molar-refractivity contribution in [2.45, 2.75) is 46.2 Å². The van der Waals surface area contributed by atoms with Crippen LogP contribution in [0.15, 0.2) is 24.3 Å². The van der Waals surface area contributed by atoms with E-state index >= 15 is 0 Å². The molecule has 1 aromatic heterocycles. The fourth-order valence-corrected chi connectivity index (χ4v) is 3.93. The highest BCUT2D eigenvalue weighted by Gasteiger charge is 2.19. The number of hydrogen-bond donors (Lipinski definition) is 2. The lowest BCUT2D eigenvalue weighted by atomic mass is 10.00. The number of aryl methyl sites for hydroxylation is 1. The Kier molecular flexibility index (Phi) is 6.44. The second-order valence-corrected chi connectivity index (χ2v) is 8.17. The van der Waals surface area contributed by atoms with Crippen molar-refractivity contribution in [1.29, 1.82) is 0 Å². The molecule has 1 fully saturated rings. The number of rotatable bonds is 6. The molecule has 0 saturated carbocycles. The number of H-pyrrole nitrogens is 1. The van der Waals surface area contributed by atoms with E-state index in [1.54, 1.807) is 4.57 Å². The van der Waals surface area contributed by atoms with Crippen molar-refractivity contribution in [3.63, 3.8) is 0 Å². The summed E-state index contributed by atoms with van der Waals surface area (Å²) >= 11 is 5.33.